The summed E-state index contributed by atoms with van der Waals surface area (Å²) in [7, 11) is 0. The Hall–Kier alpha value is -3.43. The van der Waals surface area contributed by atoms with E-state index in [2.05, 4.69) is 23.3 Å². The molecule has 7 nitrogen and oxygen atoms in total. The van der Waals surface area contributed by atoms with Crippen LogP contribution in [0.25, 0.3) is 0 Å². The molecule has 0 saturated carbocycles. The second-order valence-corrected chi connectivity index (χ2v) is 11.8. The molecule has 0 aliphatic rings. The minimum atomic E-state index is -0.531. The Balaban J connectivity index is 0.000000293. The second-order valence-electron chi connectivity index (χ2n) is 10.1. The quantitative estimate of drug-likeness (QED) is 0.217. The Morgan fingerprint density at radius 2 is 1.24 bits per heavy atom. The van der Waals surface area contributed by atoms with E-state index in [0.29, 0.717) is 16.9 Å². The minimum absolute atomic E-state index is 0.457. The van der Waals surface area contributed by atoms with Crippen LogP contribution in [-0.4, -0.2) is 29.7 Å². The van der Waals surface area contributed by atoms with Gasteiger partial charge in [0.25, 0.3) is 0 Å². The average Bonchev–Trinajstić information content (AvgIpc) is 2.78. The average molecular weight is 555 g/mol. The lowest BCUT2D eigenvalue weighted by Gasteiger charge is -2.19. The molecule has 3 aromatic carbocycles. The van der Waals surface area contributed by atoms with E-state index in [0.717, 1.165) is 21.0 Å². The number of aldehydes is 1. The van der Waals surface area contributed by atoms with Crippen molar-refractivity contribution >= 4 is 54.2 Å². The Kier molecular flexibility index (Phi) is 11.3. The number of thiol groups is 1. The monoisotopic (exact) mass is 554 g/mol. The molecule has 0 radical (unpaired) electrons. The first-order valence-electron chi connectivity index (χ1n) is 11.8. The van der Waals surface area contributed by atoms with Gasteiger partial charge in [-0.05, 0) is 90.1 Å². The molecule has 0 saturated heterocycles. The highest BCUT2D eigenvalue weighted by Gasteiger charge is 2.17. The molecular weight excluding hydrogens is 520 g/mol. The highest BCUT2D eigenvalue weighted by atomic mass is 32.2. The number of carbonyl (C=O) groups is 3. The van der Waals surface area contributed by atoms with Gasteiger partial charge in [-0.15, -0.1) is 12.6 Å². The van der Waals surface area contributed by atoms with Crippen molar-refractivity contribution in [2.24, 2.45) is 0 Å². The molecule has 0 aromatic heterocycles. The normalized spacial score (nSPS) is 10.9. The smallest absolute Gasteiger partial charge is 0.412 e. The number of hydrogen-bond acceptors (Lipinski definition) is 7. The molecule has 0 fully saturated rings. The molecule has 3 aromatic rings. The van der Waals surface area contributed by atoms with Crippen LogP contribution < -0.4 is 10.6 Å². The van der Waals surface area contributed by atoms with Gasteiger partial charge in [0.1, 0.15) is 17.5 Å². The number of benzene rings is 3. The highest BCUT2D eigenvalue weighted by Crippen LogP contribution is 2.29. The second kappa shape index (κ2) is 13.9. The molecule has 38 heavy (non-hydrogen) atoms. The van der Waals surface area contributed by atoms with E-state index in [1.54, 1.807) is 36.0 Å². The first-order valence-corrected chi connectivity index (χ1v) is 13.1. The van der Waals surface area contributed by atoms with Crippen molar-refractivity contribution in [1.82, 2.24) is 0 Å². The third-order valence-corrected chi connectivity index (χ3v) is 5.50. The summed E-state index contributed by atoms with van der Waals surface area (Å²) >= 11 is 5.72. The molecule has 0 unspecified atom stereocenters. The summed E-state index contributed by atoms with van der Waals surface area (Å²) in [5, 5.41) is 5.35. The Bertz CT molecular complexity index is 1230. The summed E-state index contributed by atoms with van der Waals surface area (Å²) in [6, 6.07) is 22.0. The van der Waals surface area contributed by atoms with Gasteiger partial charge in [-0.25, -0.2) is 9.59 Å². The van der Waals surface area contributed by atoms with Crippen LogP contribution in [0.1, 0.15) is 51.9 Å². The van der Waals surface area contributed by atoms with Crippen LogP contribution in [0.15, 0.2) is 87.5 Å². The van der Waals surface area contributed by atoms with Crippen molar-refractivity contribution in [1.29, 1.82) is 0 Å². The van der Waals surface area contributed by atoms with E-state index in [1.165, 1.54) is 0 Å². The van der Waals surface area contributed by atoms with Gasteiger partial charge >= 0.3 is 12.2 Å². The van der Waals surface area contributed by atoms with Crippen LogP contribution in [-0.2, 0) is 9.47 Å². The van der Waals surface area contributed by atoms with Gasteiger partial charge in [-0.1, -0.05) is 36.0 Å². The van der Waals surface area contributed by atoms with Gasteiger partial charge in [-0.3, -0.25) is 15.4 Å². The molecule has 0 aliphatic heterocycles. The summed E-state index contributed by atoms with van der Waals surface area (Å²) in [5.74, 6) is 0. The minimum Gasteiger partial charge on any atom is -0.444 e. The third-order valence-electron chi connectivity index (χ3n) is 4.22. The lowest BCUT2D eigenvalue weighted by molar-refractivity contribution is 0.0624. The Morgan fingerprint density at radius 3 is 1.71 bits per heavy atom. The molecule has 0 bridgehead atoms. The van der Waals surface area contributed by atoms with E-state index in [-0.39, 0.29) is 0 Å². The van der Waals surface area contributed by atoms with Crippen molar-refractivity contribution in [2.75, 3.05) is 10.6 Å². The maximum atomic E-state index is 11.8. The first kappa shape index (κ1) is 30.8. The van der Waals surface area contributed by atoms with E-state index >= 15 is 0 Å². The van der Waals surface area contributed by atoms with Crippen LogP contribution in [0.4, 0.5) is 21.0 Å². The van der Waals surface area contributed by atoms with Gasteiger partial charge < -0.3 is 9.47 Å². The van der Waals surface area contributed by atoms with Crippen LogP contribution >= 0.6 is 24.4 Å². The van der Waals surface area contributed by atoms with Crippen molar-refractivity contribution in [3.05, 3.63) is 78.4 Å². The zero-order chi connectivity index (χ0) is 28.3. The summed E-state index contributed by atoms with van der Waals surface area (Å²) < 4.78 is 10.3. The van der Waals surface area contributed by atoms with Gasteiger partial charge in [0.15, 0.2) is 0 Å². The van der Waals surface area contributed by atoms with Gasteiger partial charge in [0.05, 0.1) is 0 Å². The Morgan fingerprint density at radius 1 is 0.737 bits per heavy atom. The number of carbonyl (C=O) groups excluding carboxylic acids is 3. The molecule has 2 N–H and O–H groups in total. The molecule has 9 heteroatoms. The summed E-state index contributed by atoms with van der Waals surface area (Å²) in [6.45, 7) is 10.9. The van der Waals surface area contributed by atoms with Crippen molar-refractivity contribution in [3.8, 4) is 0 Å². The van der Waals surface area contributed by atoms with Gasteiger partial charge in [0, 0.05) is 31.6 Å². The maximum absolute atomic E-state index is 11.8. The number of amides is 2. The van der Waals surface area contributed by atoms with Crippen molar-refractivity contribution in [2.45, 2.75) is 67.4 Å². The number of hydrogen-bond donors (Lipinski definition) is 3. The third kappa shape index (κ3) is 12.7. The van der Waals surface area contributed by atoms with Crippen molar-refractivity contribution < 1.29 is 23.9 Å². The fourth-order valence-electron chi connectivity index (χ4n) is 2.81. The molecule has 2 amide bonds. The van der Waals surface area contributed by atoms with Gasteiger partial charge in [0.2, 0.25) is 0 Å². The number of ether oxygens (including phenoxy) is 2. The molecule has 0 heterocycles. The van der Waals surface area contributed by atoms with E-state index in [9.17, 15) is 14.4 Å². The lowest BCUT2D eigenvalue weighted by Crippen LogP contribution is -2.27. The number of nitrogens with one attached hydrogen (secondary N) is 2. The molecule has 0 spiro atoms. The molecular formula is C29H34N2O5S2. The number of rotatable bonds is 5. The fraction of sp³-hybridized carbons (Fsp3) is 0.276. The molecule has 0 aliphatic carbocycles. The maximum Gasteiger partial charge on any atom is 0.412 e. The van der Waals surface area contributed by atoms with Gasteiger partial charge in [-0.2, -0.15) is 0 Å². The zero-order valence-corrected chi connectivity index (χ0v) is 24.1. The van der Waals surface area contributed by atoms with Crippen LogP contribution in [0, 0.1) is 0 Å². The van der Waals surface area contributed by atoms with Crippen molar-refractivity contribution in [3.63, 3.8) is 0 Å². The van der Waals surface area contributed by atoms with E-state index in [1.807, 2.05) is 90.1 Å². The van der Waals surface area contributed by atoms with Crippen LogP contribution in [0.3, 0.4) is 0 Å². The SMILES string of the molecule is CC(C)(C)OC(=O)Nc1cccc(S)c1.CC(C)(C)OC(=O)Nc1cccc(Sc2ccc(C=O)cc2)c1. The predicted octanol–water partition coefficient (Wildman–Crippen LogP) is 8.32. The standard InChI is InChI=1S/C18H19NO3S.C11H15NO2S/c1-18(2,3)22-17(21)19-14-5-4-6-16(11-14)23-15-9-7-13(12-20)8-10-15;1-11(2,3)14-10(13)12-8-5-4-6-9(15)7-8/h4-12H,1-3H3,(H,19,21);4-7,15H,1-3H3,(H,12,13). The summed E-state index contributed by atoms with van der Waals surface area (Å²) in [6.07, 6.45) is -0.115. The topological polar surface area (TPSA) is 93.7 Å². The van der Waals surface area contributed by atoms with Crippen LogP contribution in [0.5, 0.6) is 0 Å². The highest BCUT2D eigenvalue weighted by molar-refractivity contribution is 7.99. The van der Waals surface area contributed by atoms with E-state index in [4.69, 9.17) is 9.47 Å². The molecule has 3 rings (SSSR count). The zero-order valence-electron chi connectivity index (χ0n) is 22.4. The van der Waals surface area contributed by atoms with E-state index < -0.39 is 23.4 Å². The first-order chi connectivity index (χ1) is 17.7. The summed E-state index contributed by atoms with van der Waals surface area (Å²) in [5.41, 5.74) is 0.986. The summed E-state index contributed by atoms with van der Waals surface area (Å²) in [4.78, 5) is 36.6. The fourth-order valence-corrected chi connectivity index (χ4v) is 3.92. The lowest BCUT2D eigenvalue weighted by atomic mass is 10.2. The molecule has 202 valence electrons. The molecule has 0 atom stereocenters. The predicted molar refractivity (Wildman–Crippen MR) is 156 cm³/mol. The van der Waals surface area contributed by atoms with Crippen LogP contribution in [0.2, 0.25) is 0 Å². The largest absolute Gasteiger partial charge is 0.444 e. The Labute approximate surface area is 234 Å². The number of anilines is 2.